The molecule has 1 aliphatic rings. The van der Waals surface area contributed by atoms with Crippen molar-refractivity contribution >= 4 is 17.3 Å². The second-order valence-electron chi connectivity index (χ2n) is 4.48. The molecule has 0 N–H and O–H groups in total. The summed E-state index contributed by atoms with van der Waals surface area (Å²) in [7, 11) is 0. The Morgan fingerprint density at radius 1 is 1.44 bits per heavy atom. The molecule has 1 aromatic carbocycles. The van der Waals surface area contributed by atoms with Crippen LogP contribution >= 0.6 is 0 Å². The Bertz CT molecular complexity index is 499. The molecule has 2 rings (SSSR count). The molecule has 0 saturated heterocycles. The lowest BCUT2D eigenvalue weighted by Gasteiger charge is -2.18. The van der Waals surface area contributed by atoms with Crippen LogP contribution in [-0.2, 0) is 10.2 Å². The number of anilines is 1. The molecule has 4 heteroatoms. The van der Waals surface area contributed by atoms with E-state index in [0.29, 0.717) is 12.2 Å². The van der Waals surface area contributed by atoms with Gasteiger partial charge in [0, 0.05) is 24.4 Å². The maximum absolute atomic E-state index is 12.1. The molecule has 0 aromatic heterocycles. The molecule has 0 fully saturated rings. The molecule has 0 aliphatic carbocycles. The largest absolute Gasteiger partial charge is 0.385 e. The highest BCUT2D eigenvalue weighted by molar-refractivity contribution is 6.07. The van der Waals surface area contributed by atoms with Gasteiger partial charge in [-0.2, -0.15) is 0 Å². The van der Waals surface area contributed by atoms with Crippen LogP contribution < -0.4 is 4.90 Å². The highest BCUT2D eigenvalue weighted by atomic mass is 16.2. The smallest absolute Gasteiger partial charge is 0.312 e. The number of likely N-dealkylation sites (N-methyl/N-ethyl adjacent to an activating group) is 1. The van der Waals surface area contributed by atoms with Gasteiger partial charge in [0.1, 0.15) is 0 Å². The summed E-state index contributed by atoms with van der Waals surface area (Å²) in [4.78, 5) is 17.1. The van der Waals surface area contributed by atoms with Gasteiger partial charge >= 0.3 is 5.69 Å². The highest BCUT2D eigenvalue weighted by Gasteiger charge is 2.44. The summed E-state index contributed by atoms with van der Waals surface area (Å²) in [6.07, 6.45) is 0. The zero-order chi connectivity index (χ0) is 11.9. The van der Waals surface area contributed by atoms with E-state index in [0.717, 1.165) is 11.3 Å². The monoisotopic (exact) mass is 216 g/mol. The molecule has 1 aromatic rings. The first-order valence-corrected chi connectivity index (χ1v) is 5.34. The third-order valence-corrected chi connectivity index (χ3v) is 3.16. The quantitative estimate of drug-likeness (QED) is 0.678. The molecular formula is C12H14N3O+. The lowest BCUT2D eigenvalue weighted by molar-refractivity contribution is -0.122. The Labute approximate surface area is 94.5 Å². The van der Waals surface area contributed by atoms with Crippen molar-refractivity contribution in [2.45, 2.75) is 26.2 Å². The molecule has 0 bridgehead atoms. The molecule has 1 heterocycles. The molecule has 16 heavy (non-hydrogen) atoms. The fourth-order valence-corrected chi connectivity index (χ4v) is 2.20. The number of rotatable bonds is 1. The van der Waals surface area contributed by atoms with E-state index in [2.05, 4.69) is 4.98 Å². The number of amides is 1. The minimum Gasteiger partial charge on any atom is -0.312 e. The molecule has 4 nitrogen and oxygen atoms in total. The van der Waals surface area contributed by atoms with Crippen LogP contribution in [-0.4, -0.2) is 12.5 Å². The van der Waals surface area contributed by atoms with Gasteiger partial charge in [0.15, 0.2) is 4.98 Å². The van der Waals surface area contributed by atoms with Gasteiger partial charge in [-0.05, 0) is 32.4 Å². The summed E-state index contributed by atoms with van der Waals surface area (Å²) in [5.74, 6) is 0.0973. The Morgan fingerprint density at radius 3 is 2.69 bits per heavy atom. The van der Waals surface area contributed by atoms with Crippen molar-refractivity contribution in [3.8, 4) is 0 Å². The van der Waals surface area contributed by atoms with Crippen LogP contribution in [0.4, 0.5) is 11.4 Å². The Hall–Kier alpha value is -1.89. The maximum atomic E-state index is 12.1. The second-order valence-corrected chi connectivity index (χ2v) is 4.48. The van der Waals surface area contributed by atoms with Gasteiger partial charge < -0.3 is 4.90 Å². The molecule has 0 unspecified atom stereocenters. The summed E-state index contributed by atoms with van der Waals surface area (Å²) in [6.45, 7) is 6.40. The third kappa shape index (κ3) is 1.21. The molecule has 82 valence electrons. The minimum absolute atomic E-state index is 0.0973. The van der Waals surface area contributed by atoms with Gasteiger partial charge in [-0.25, -0.2) is 0 Å². The molecule has 0 radical (unpaired) electrons. The number of hydrogen-bond acceptors (Lipinski definition) is 2. The predicted octanol–water partition coefficient (Wildman–Crippen LogP) is 2.82. The van der Waals surface area contributed by atoms with E-state index in [-0.39, 0.29) is 5.91 Å². The minimum atomic E-state index is -0.536. The first kappa shape index (κ1) is 10.6. The number of carbonyl (C=O) groups excluding carboxylic acids is 1. The van der Waals surface area contributed by atoms with Gasteiger partial charge in [-0.15, -0.1) is 0 Å². The zero-order valence-electron chi connectivity index (χ0n) is 9.69. The molecule has 0 saturated carbocycles. The summed E-state index contributed by atoms with van der Waals surface area (Å²) in [5.41, 5.74) is 1.80. The van der Waals surface area contributed by atoms with Crippen molar-refractivity contribution < 1.29 is 4.79 Å². The van der Waals surface area contributed by atoms with Crippen molar-refractivity contribution in [2.24, 2.45) is 0 Å². The number of benzene rings is 1. The van der Waals surface area contributed by atoms with E-state index < -0.39 is 5.41 Å². The van der Waals surface area contributed by atoms with Crippen LogP contribution in [0.2, 0.25) is 0 Å². The lowest BCUT2D eigenvalue weighted by Crippen LogP contribution is -2.35. The van der Waals surface area contributed by atoms with Crippen molar-refractivity contribution in [1.29, 1.82) is 5.39 Å². The molecular weight excluding hydrogens is 202 g/mol. The predicted molar refractivity (Wildman–Crippen MR) is 62.2 cm³/mol. The number of diazo groups is 1. The summed E-state index contributed by atoms with van der Waals surface area (Å²) in [5, 5.41) is 8.75. The van der Waals surface area contributed by atoms with Crippen LogP contribution in [0.3, 0.4) is 0 Å². The van der Waals surface area contributed by atoms with E-state index >= 15 is 0 Å². The number of nitrogens with zero attached hydrogens (tertiary/aromatic N) is 3. The fraction of sp³-hybridized carbons (Fsp3) is 0.417. The summed E-state index contributed by atoms with van der Waals surface area (Å²) >= 11 is 0. The third-order valence-electron chi connectivity index (χ3n) is 3.16. The maximum Gasteiger partial charge on any atom is 0.385 e. The first-order valence-electron chi connectivity index (χ1n) is 5.34. The number of hydrogen-bond donors (Lipinski definition) is 0. The Balaban J connectivity index is 2.66. The van der Waals surface area contributed by atoms with Crippen LogP contribution in [0.15, 0.2) is 18.2 Å². The lowest BCUT2D eigenvalue weighted by atomic mass is 9.86. The van der Waals surface area contributed by atoms with Gasteiger partial charge in [-0.1, -0.05) is 0 Å². The molecule has 0 atom stereocenters. The van der Waals surface area contributed by atoms with Crippen molar-refractivity contribution in [1.82, 2.24) is 0 Å². The second kappa shape index (κ2) is 3.31. The van der Waals surface area contributed by atoms with E-state index in [1.165, 1.54) is 0 Å². The highest BCUT2D eigenvalue weighted by Crippen LogP contribution is 2.42. The van der Waals surface area contributed by atoms with Crippen molar-refractivity contribution in [2.75, 3.05) is 11.4 Å². The van der Waals surface area contributed by atoms with Gasteiger partial charge in [0.2, 0.25) is 11.3 Å². The van der Waals surface area contributed by atoms with Crippen LogP contribution in [0.1, 0.15) is 26.3 Å². The molecule has 0 spiro atoms. The summed E-state index contributed by atoms with van der Waals surface area (Å²) < 4.78 is 0. The normalized spacial score (nSPS) is 17.1. The summed E-state index contributed by atoms with van der Waals surface area (Å²) in [6, 6.07) is 5.31. The van der Waals surface area contributed by atoms with Crippen molar-refractivity contribution in [3.63, 3.8) is 0 Å². The topological polar surface area (TPSA) is 48.5 Å². The van der Waals surface area contributed by atoms with Gasteiger partial charge in [0.25, 0.3) is 0 Å². The fourth-order valence-electron chi connectivity index (χ4n) is 2.20. The SMILES string of the molecule is CCN1C(=O)C(C)(C)c2cc([N+]#N)ccc21. The first-order chi connectivity index (χ1) is 7.52. The Morgan fingerprint density at radius 2 is 2.12 bits per heavy atom. The molecule has 1 amide bonds. The number of carbonyl (C=O) groups is 1. The van der Waals surface area contributed by atoms with Gasteiger partial charge in [-0.3, -0.25) is 4.79 Å². The average Bonchev–Trinajstić information content (AvgIpc) is 2.47. The Kier molecular flexibility index (Phi) is 2.20. The average molecular weight is 216 g/mol. The van der Waals surface area contributed by atoms with E-state index in [1.807, 2.05) is 26.8 Å². The zero-order valence-corrected chi connectivity index (χ0v) is 9.69. The van der Waals surface area contributed by atoms with Crippen molar-refractivity contribution in [3.05, 3.63) is 28.7 Å². The van der Waals surface area contributed by atoms with E-state index in [1.54, 1.807) is 17.0 Å². The van der Waals surface area contributed by atoms with Gasteiger partial charge in [0.05, 0.1) is 5.41 Å². The number of fused-ring (bicyclic) bond motifs is 1. The van der Waals surface area contributed by atoms with Crippen LogP contribution in [0.25, 0.3) is 4.98 Å². The molecule has 1 aliphatic heterocycles. The van der Waals surface area contributed by atoms with E-state index in [4.69, 9.17) is 5.39 Å². The van der Waals surface area contributed by atoms with Crippen LogP contribution in [0.5, 0.6) is 0 Å². The van der Waals surface area contributed by atoms with E-state index in [9.17, 15) is 4.79 Å². The van der Waals surface area contributed by atoms with Crippen LogP contribution in [0, 0.1) is 5.39 Å². The standard InChI is InChI=1S/C12H14N3O/c1-4-15-10-6-5-8(14-13)7-9(10)12(2,3)11(15)16/h5-7H,4H2,1-3H3/q+1.